The molecule has 1 aliphatic carbocycles. The molecule has 0 aromatic heterocycles. The van der Waals surface area contributed by atoms with Crippen molar-refractivity contribution in [2.24, 2.45) is 0 Å². The first-order valence-corrected chi connectivity index (χ1v) is 8.97. The van der Waals surface area contributed by atoms with Crippen molar-refractivity contribution in [3.63, 3.8) is 0 Å². The lowest BCUT2D eigenvalue weighted by Crippen LogP contribution is -2.18. The van der Waals surface area contributed by atoms with Gasteiger partial charge in [-0.25, -0.2) is 4.79 Å². The van der Waals surface area contributed by atoms with Gasteiger partial charge in [-0.2, -0.15) is 0 Å². The number of fused-ring (bicyclic) bond motifs is 1. The van der Waals surface area contributed by atoms with Crippen LogP contribution in [0.3, 0.4) is 0 Å². The molecule has 7 nitrogen and oxygen atoms in total. The fourth-order valence-electron chi connectivity index (χ4n) is 3.63. The van der Waals surface area contributed by atoms with Gasteiger partial charge in [-0.05, 0) is 41.8 Å². The molecule has 0 amide bonds. The number of ether oxygens (including phenoxy) is 5. The highest BCUT2D eigenvalue weighted by molar-refractivity contribution is 5.97. The zero-order valence-electron chi connectivity index (χ0n) is 17.1. The zero-order valence-corrected chi connectivity index (χ0v) is 17.1. The number of aliphatic hydroxyl groups is 1. The highest BCUT2D eigenvalue weighted by Crippen LogP contribution is 2.46. The van der Waals surface area contributed by atoms with Gasteiger partial charge in [-0.1, -0.05) is 6.07 Å². The van der Waals surface area contributed by atoms with Crippen LogP contribution >= 0.6 is 0 Å². The molecule has 0 bridgehead atoms. The highest BCUT2D eigenvalue weighted by atomic mass is 16.5. The minimum absolute atomic E-state index is 0.121. The molecule has 0 spiro atoms. The summed E-state index contributed by atoms with van der Waals surface area (Å²) in [6.45, 7) is 0. The lowest BCUT2D eigenvalue weighted by molar-refractivity contribution is -0.136. The van der Waals surface area contributed by atoms with E-state index in [2.05, 4.69) is 0 Å². The monoisotopic (exact) mass is 400 g/mol. The van der Waals surface area contributed by atoms with Crippen LogP contribution in [-0.4, -0.2) is 46.6 Å². The van der Waals surface area contributed by atoms with E-state index in [1.165, 1.54) is 14.2 Å². The van der Waals surface area contributed by atoms with Gasteiger partial charge in [0.1, 0.15) is 5.76 Å². The van der Waals surface area contributed by atoms with Crippen LogP contribution in [0.15, 0.2) is 35.9 Å². The molecule has 3 rings (SSSR count). The predicted octanol–water partition coefficient (Wildman–Crippen LogP) is 3.70. The van der Waals surface area contributed by atoms with Crippen molar-refractivity contribution in [3.05, 3.63) is 52.6 Å². The van der Waals surface area contributed by atoms with E-state index in [4.69, 9.17) is 23.7 Å². The number of hydrogen-bond donors (Lipinski definition) is 1. The summed E-state index contributed by atoms with van der Waals surface area (Å²) in [7, 11) is 7.49. The van der Waals surface area contributed by atoms with Crippen LogP contribution < -0.4 is 18.9 Å². The first-order chi connectivity index (χ1) is 14.0. The molecule has 29 heavy (non-hydrogen) atoms. The number of benzene rings is 2. The minimum atomic E-state index is -0.576. The van der Waals surface area contributed by atoms with E-state index < -0.39 is 5.97 Å². The summed E-state index contributed by atoms with van der Waals surface area (Å²) in [6.07, 6.45) is 0.260. The predicted molar refractivity (Wildman–Crippen MR) is 107 cm³/mol. The van der Waals surface area contributed by atoms with Gasteiger partial charge in [0.25, 0.3) is 0 Å². The normalized spacial score (nSPS) is 15.4. The molecular weight excluding hydrogens is 376 g/mol. The molecule has 0 heterocycles. The molecule has 2 aromatic carbocycles. The second-order valence-electron chi connectivity index (χ2n) is 6.48. The number of esters is 1. The molecule has 1 unspecified atom stereocenters. The molecule has 7 heteroatoms. The minimum Gasteiger partial charge on any atom is -0.507 e. The topological polar surface area (TPSA) is 83.5 Å². The Bertz CT molecular complexity index is 962. The van der Waals surface area contributed by atoms with Gasteiger partial charge in [0.2, 0.25) is 0 Å². The lowest BCUT2D eigenvalue weighted by Gasteiger charge is -2.28. The second-order valence-corrected chi connectivity index (χ2v) is 6.48. The van der Waals surface area contributed by atoms with Crippen LogP contribution in [-0.2, 0) is 9.53 Å². The maximum absolute atomic E-state index is 12.3. The maximum atomic E-state index is 12.3. The molecule has 0 saturated carbocycles. The van der Waals surface area contributed by atoms with Crippen molar-refractivity contribution in [1.82, 2.24) is 0 Å². The van der Waals surface area contributed by atoms with Crippen LogP contribution in [0.2, 0.25) is 0 Å². The van der Waals surface area contributed by atoms with Gasteiger partial charge in [-0.3, -0.25) is 0 Å². The fourth-order valence-corrected chi connectivity index (χ4v) is 3.63. The van der Waals surface area contributed by atoms with E-state index in [-0.39, 0.29) is 23.7 Å². The van der Waals surface area contributed by atoms with Crippen molar-refractivity contribution < 1.29 is 33.6 Å². The van der Waals surface area contributed by atoms with E-state index in [1.54, 1.807) is 27.4 Å². The van der Waals surface area contributed by atoms with E-state index in [0.717, 1.165) is 11.1 Å². The molecule has 1 atom stereocenters. The van der Waals surface area contributed by atoms with E-state index in [1.807, 2.05) is 24.3 Å². The molecule has 1 aliphatic rings. The third kappa shape index (κ3) is 3.55. The maximum Gasteiger partial charge on any atom is 0.337 e. The molecule has 1 N–H and O–H groups in total. The molecule has 0 radical (unpaired) electrons. The summed E-state index contributed by atoms with van der Waals surface area (Å²) in [5, 5.41) is 10.8. The Morgan fingerprint density at radius 2 is 1.45 bits per heavy atom. The van der Waals surface area contributed by atoms with Crippen molar-refractivity contribution in [2.75, 3.05) is 35.5 Å². The second kappa shape index (κ2) is 8.34. The number of methoxy groups -OCH3 is 5. The van der Waals surface area contributed by atoms with Crippen LogP contribution in [0.4, 0.5) is 0 Å². The molecule has 0 saturated heterocycles. The van der Waals surface area contributed by atoms with Gasteiger partial charge in [0.15, 0.2) is 23.0 Å². The van der Waals surface area contributed by atoms with E-state index in [0.29, 0.717) is 28.6 Å². The Morgan fingerprint density at radius 3 is 2.03 bits per heavy atom. The Labute approximate surface area is 169 Å². The quantitative estimate of drug-likeness (QED) is 0.740. The number of rotatable bonds is 6. The van der Waals surface area contributed by atoms with Gasteiger partial charge in [-0.15, -0.1) is 0 Å². The molecule has 154 valence electrons. The Hall–Kier alpha value is -3.35. The number of carbonyl (C=O) groups excluding carboxylic acids is 1. The smallest absolute Gasteiger partial charge is 0.337 e. The highest BCUT2D eigenvalue weighted by Gasteiger charge is 2.33. The summed E-state index contributed by atoms with van der Waals surface area (Å²) >= 11 is 0. The fraction of sp³-hybridized carbons (Fsp3) is 0.318. The first kappa shape index (κ1) is 20.4. The van der Waals surface area contributed by atoms with Gasteiger partial charge in [0, 0.05) is 11.5 Å². The zero-order chi connectivity index (χ0) is 21.1. The molecule has 0 aliphatic heterocycles. The third-order valence-corrected chi connectivity index (χ3v) is 5.12. The van der Waals surface area contributed by atoms with E-state index >= 15 is 0 Å². The van der Waals surface area contributed by atoms with Gasteiger partial charge >= 0.3 is 5.97 Å². The van der Waals surface area contributed by atoms with E-state index in [9.17, 15) is 9.90 Å². The summed E-state index contributed by atoms with van der Waals surface area (Å²) in [5.74, 6) is 1.23. The van der Waals surface area contributed by atoms with Crippen LogP contribution in [0, 0.1) is 0 Å². The largest absolute Gasteiger partial charge is 0.507 e. The van der Waals surface area contributed by atoms with Gasteiger partial charge in [0.05, 0.1) is 41.1 Å². The van der Waals surface area contributed by atoms with Gasteiger partial charge < -0.3 is 28.8 Å². The van der Waals surface area contributed by atoms with Crippen molar-refractivity contribution in [1.29, 1.82) is 0 Å². The number of carbonyl (C=O) groups is 1. The van der Waals surface area contributed by atoms with Crippen LogP contribution in [0.1, 0.15) is 29.0 Å². The summed E-state index contributed by atoms with van der Waals surface area (Å²) in [4.78, 5) is 12.3. The Kier molecular flexibility index (Phi) is 5.87. The summed E-state index contributed by atoms with van der Waals surface area (Å²) < 4.78 is 26.4. The SMILES string of the molecule is COC(=O)C1=C(O)c2cc(OC)c(OC)cc2C(c2ccc(OC)c(OC)c2)C1. The lowest BCUT2D eigenvalue weighted by atomic mass is 9.78. The average Bonchev–Trinajstić information content (AvgIpc) is 2.77. The summed E-state index contributed by atoms with van der Waals surface area (Å²) in [5.41, 5.74) is 2.39. The van der Waals surface area contributed by atoms with Crippen molar-refractivity contribution in [3.8, 4) is 23.0 Å². The molecule has 0 fully saturated rings. The summed E-state index contributed by atoms with van der Waals surface area (Å²) in [6, 6.07) is 9.06. The standard InChI is InChI=1S/C22H24O7/c1-25-17-7-6-12(8-18(17)26-2)13-9-16(22(24)29-5)21(23)15-11-20(28-4)19(27-3)10-14(13)15/h6-8,10-11,13,23H,9H2,1-5H3. The van der Waals surface area contributed by atoms with Crippen molar-refractivity contribution in [2.45, 2.75) is 12.3 Å². The number of aliphatic hydroxyl groups excluding tert-OH is 1. The Morgan fingerprint density at radius 1 is 0.862 bits per heavy atom. The first-order valence-electron chi connectivity index (χ1n) is 8.97. The van der Waals surface area contributed by atoms with Crippen molar-refractivity contribution >= 4 is 11.7 Å². The van der Waals surface area contributed by atoms with Crippen LogP contribution in [0.25, 0.3) is 5.76 Å². The average molecular weight is 400 g/mol. The molecular formula is C22H24O7. The Balaban J connectivity index is 2.23. The third-order valence-electron chi connectivity index (χ3n) is 5.12. The number of hydrogen-bond acceptors (Lipinski definition) is 7. The molecule has 2 aromatic rings. The van der Waals surface area contributed by atoms with Crippen LogP contribution in [0.5, 0.6) is 23.0 Å².